The van der Waals surface area contributed by atoms with Crippen LogP contribution in [0, 0.1) is 0 Å². The number of sulfone groups is 1. The molecule has 0 radical (unpaired) electrons. The minimum absolute atomic E-state index is 0.0409. The molecule has 7 heteroatoms. The number of alkyl halides is 2. The second-order valence-electron chi connectivity index (χ2n) is 4.55. The molecule has 0 amide bonds. The lowest BCUT2D eigenvalue weighted by Crippen LogP contribution is -2.41. The number of para-hydroxylation sites is 1. The average Bonchev–Trinajstić information content (AvgIpc) is 2.36. The lowest BCUT2D eigenvalue weighted by molar-refractivity contribution is 0.217. The Morgan fingerprint density at radius 1 is 1.37 bits per heavy atom. The predicted octanol–water partition coefficient (Wildman–Crippen LogP) is 2.19. The van der Waals surface area contributed by atoms with Gasteiger partial charge in [0.15, 0.2) is 0 Å². The van der Waals surface area contributed by atoms with Crippen LogP contribution < -0.4 is 10.5 Å². The van der Waals surface area contributed by atoms with Crippen molar-refractivity contribution in [2.75, 3.05) is 6.61 Å². The van der Waals surface area contributed by atoms with Crippen molar-refractivity contribution in [3.63, 3.8) is 0 Å². The van der Waals surface area contributed by atoms with Gasteiger partial charge in [0.25, 0.3) is 0 Å². The Morgan fingerprint density at radius 3 is 2.47 bits per heavy atom. The monoisotopic (exact) mass is 293 g/mol. The highest BCUT2D eigenvalue weighted by Gasteiger charge is 2.30. The summed E-state index contributed by atoms with van der Waals surface area (Å²) in [6.45, 7) is 3.63. The quantitative estimate of drug-likeness (QED) is 0.873. The third kappa shape index (κ3) is 3.87. The molecule has 0 saturated heterocycles. The van der Waals surface area contributed by atoms with Gasteiger partial charge in [0.2, 0.25) is 9.84 Å². The van der Waals surface area contributed by atoms with Crippen LogP contribution in [0.5, 0.6) is 5.75 Å². The first-order valence-electron chi connectivity index (χ1n) is 5.73. The molecule has 0 aliphatic heterocycles. The van der Waals surface area contributed by atoms with E-state index in [1.54, 1.807) is 6.92 Å². The van der Waals surface area contributed by atoms with Crippen LogP contribution in [0.4, 0.5) is 8.78 Å². The van der Waals surface area contributed by atoms with Crippen LogP contribution in [0.15, 0.2) is 29.2 Å². The Kier molecular flexibility index (Phi) is 4.86. The van der Waals surface area contributed by atoms with Crippen molar-refractivity contribution in [1.29, 1.82) is 0 Å². The van der Waals surface area contributed by atoms with Crippen LogP contribution in [-0.2, 0) is 9.84 Å². The molecule has 0 saturated carbocycles. The van der Waals surface area contributed by atoms with Crippen molar-refractivity contribution in [1.82, 2.24) is 0 Å². The molecule has 1 aromatic carbocycles. The van der Waals surface area contributed by atoms with Crippen LogP contribution in [-0.4, -0.2) is 26.3 Å². The smallest absolute Gasteiger partial charge is 0.341 e. The van der Waals surface area contributed by atoms with E-state index in [0.717, 1.165) is 6.07 Å². The summed E-state index contributed by atoms with van der Waals surface area (Å²) < 4.78 is 53.4. The van der Waals surface area contributed by atoms with E-state index in [4.69, 9.17) is 10.5 Å². The fourth-order valence-electron chi connectivity index (χ4n) is 1.25. The largest absolute Gasteiger partial charge is 0.490 e. The zero-order valence-electron chi connectivity index (χ0n) is 10.8. The molecule has 0 heterocycles. The van der Waals surface area contributed by atoms with Gasteiger partial charge in [0, 0.05) is 5.54 Å². The van der Waals surface area contributed by atoms with E-state index >= 15 is 0 Å². The van der Waals surface area contributed by atoms with Gasteiger partial charge in [-0.15, -0.1) is 0 Å². The van der Waals surface area contributed by atoms with E-state index in [0.29, 0.717) is 6.42 Å². The van der Waals surface area contributed by atoms with E-state index < -0.39 is 26.0 Å². The molecule has 0 aliphatic carbocycles. The summed E-state index contributed by atoms with van der Waals surface area (Å²) >= 11 is 0. The third-order valence-electron chi connectivity index (χ3n) is 2.76. The number of halogens is 2. The van der Waals surface area contributed by atoms with Crippen LogP contribution in [0.25, 0.3) is 0 Å². The number of hydrogen-bond acceptors (Lipinski definition) is 4. The number of benzene rings is 1. The van der Waals surface area contributed by atoms with Crippen molar-refractivity contribution in [2.45, 2.75) is 36.5 Å². The molecule has 4 nitrogen and oxygen atoms in total. The van der Waals surface area contributed by atoms with Gasteiger partial charge >= 0.3 is 5.76 Å². The molecular formula is C12H17F2NO3S. The van der Waals surface area contributed by atoms with Gasteiger partial charge < -0.3 is 10.5 Å². The van der Waals surface area contributed by atoms with E-state index in [1.807, 2.05) is 6.92 Å². The number of rotatable bonds is 6. The third-order valence-corrected chi connectivity index (χ3v) is 4.17. The SMILES string of the molecule is CCC(C)(N)COc1ccccc1S(=O)(=O)C(F)F. The number of ether oxygens (including phenoxy) is 1. The molecule has 19 heavy (non-hydrogen) atoms. The van der Waals surface area contributed by atoms with Crippen molar-refractivity contribution < 1.29 is 21.9 Å². The van der Waals surface area contributed by atoms with Crippen LogP contribution in [0.1, 0.15) is 20.3 Å². The second kappa shape index (κ2) is 5.83. The maximum Gasteiger partial charge on any atom is 0.341 e. The molecule has 1 aromatic rings. The topological polar surface area (TPSA) is 69.4 Å². The highest BCUT2D eigenvalue weighted by atomic mass is 32.2. The fraction of sp³-hybridized carbons (Fsp3) is 0.500. The predicted molar refractivity (Wildman–Crippen MR) is 68.0 cm³/mol. The van der Waals surface area contributed by atoms with Gasteiger partial charge in [-0.25, -0.2) is 8.42 Å². The maximum atomic E-state index is 12.6. The number of nitrogens with two attached hydrogens (primary N) is 1. The molecule has 0 fully saturated rings. The molecule has 1 atom stereocenters. The zero-order valence-corrected chi connectivity index (χ0v) is 11.6. The Balaban J connectivity index is 3.05. The highest BCUT2D eigenvalue weighted by Crippen LogP contribution is 2.28. The minimum atomic E-state index is -4.68. The summed E-state index contributed by atoms with van der Waals surface area (Å²) in [4.78, 5) is -0.517. The first-order valence-corrected chi connectivity index (χ1v) is 7.28. The van der Waals surface area contributed by atoms with Gasteiger partial charge in [0.05, 0.1) is 0 Å². The van der Waals surface area contributed by atoms with E-state index in [1.165, 1.54) is 18.2 Å². The van der Waals surface area contributed by atoms with Crippen LogP contribution in [0.3, 0.4) is 0 Å². The van der Waals surface area contributed by atoms with Crippen LogP contribution >= 0.6 is 0 Å². The van der Waals surface area contributed by atoms with Crippen molar-refractivity contribution in [2.24, 2.45) is 5.73 Å². The Morgan fingerprint density at radius 2 is 1.95 bits per heavy atom. The van der Waals surface area contributed by atoms with E-state index in [2.05, 4.69) is 0 Å². The first kappa shape index (κ1) is 15.8. The Bertz CT molecular complexity index is 530. The lowest BCUT2D eigenvalue weighted by Gasteiger charge is -2.23. The van der Waals surface area contributed by atoms with Crippen molar-refractivity contribution in [3.8, 4) is 5.75 Å². The highest BCUT2D eigenvalue weighted by molar-refractivity contribution is 7.91. The normalized spacial score (nSPS) is 15.3. The van der Waals surface area contributed by atoms with Gasteiger partial charge in [0.1, 0.15) is 17.3 Å². The maximum absolute atomic E-state index is 12.6. The zero-order chi connectivity index (χ0) is 14.7. The first-order chi connectivity index (χ1) is 8.70. The fourth-order valence-corrected chi connectivity index (χ4v) is 2.11. The summed E-state index contributed by atoms with van der Waals surface area (Å²) in [5.74, 6) is -3.58. The Labute approximate surface area is 111 Å². The second-order valence-corrected chi connectivity index (χ2v) is 6.43. The summed E-state index contributed by atoms with van der Waals surface area (Å²) in [7, 11) is -4.68. The van der Waals surface area contributed by atoms with Gasteiger partial charge in [-0.3, -0.25) is 0 Å². The molecular weight excluding hydrogens is 276 g/mol. The van der Waals surface area contributed by atoms with Crippen molar-refractivity contribution >= 4 is 9.84 Å². The van der Waals surface area contributed by atoms with Gasteiger partial charge in [-0.05, 0) is 25.5 Å². The summed E-state index contributed by atoms with van der Waals surface area (Å²) in [6.07, 6.45) is 0.608. The summed E-state index contributed by atoms with van der Waals surface area (Å²) in [6, 6.07) is 5.31. The van der Waals surface area contributed by atoms with Gasteiger partial charge in [-0.1, -0.05) is 19.1 Å². The lowest BCUT2D eigenvalue weighted by atomic mass is 10.0. The molecule has 2 N–H and O–H groups in total. The minimum Gasteiger partial charge on any atom is -0.490 e. The average molecular weight is 293 g/mol. The molecule has 0 aromatic heterocycles. The summed E-state index contributed by atoms with van der Waals surface area (Å²) in [5.41, 5.74) is 5.21. The Hall–Kier alpha value is -1.21. The molecule has 0 spiro atoms. The van der Waals surface area contributed by atoms with Crippen LogP contribution in [0.2, 0.25) is 0 Å². The summed E-state index contributed by atoms with van der Waals surface area (Å²) in [5, 5.41) is 0. The standard InChI is InChI=1S/C12H17F2NO3S/c1-3-12(2,15)8-18-9-6-4-5-7-10(9)19(16,17)11(13)14/h4-7,11H,3,8,15H2,1-2H3. The number of hydrogen-bond donors (Lipinski definition) is 1. The molecule has 1 rings (SSSR count). The molecule has 108 valence electrons. The van der Waals surface area contributed by atoms with E-state index in [-0.39, 0.29) is 12.4 Å². The van der Waals surface area contributed by atoms with Gasteiger partial charge in [-0.2, -0.15) is 8.78 Å². The molecule has 1 unspecified atom stereocenters. The molecule has 0 aliphatic rings. The van der Waals surface area contributed by atoms with Crippen molar-refractivity contribution in [3.05, 3.63) is 24.3 Å². The van der Waals surface area contributed by atoms with E-state index in [9.17, 15) is 17.2 Å². The molecule has 0 bridgehead atoms.